The zero-order chi connectivity index (χ0) is 18.4. The summed E-state index contributed by atoms with van der Waals surface area (Å²) in [7, 11) is 1.59. The molecule has 0 radical (unpaired) electrons. The molecular weight excluding hydrogens is 326 g/mol. The summed E-state index contributed by atoms with van der Waals surface area (Å²) in [5, 5.41) is 10.5. The number of rotatable bonds is 8. The first kappa shape index (κ1) is 18.7. The molecular formula is C21H29N3O2. The molecule has 26 heavy (non-hydrogen) atoms. The highest BCUT2D eigenvalue weighted by Gasteiger charge is 2.26. The molecule has 0 amide bonds. The number of nitrogens with zero attached hydrogens (tertiary/aromatic N) is 3. The van der Waals surface area contributed by atoms with E-state index in [9.17, 15) is 5.11 Å². The summed E-state index contributed by atoms with van der Waals surface area (Å²) in [5.74, 6) is 0.760. The van der Waals surface area contributed by atoms with Crippen LogP contribution in [0, 0.1) is 0 Å². The van der Waals surface area contributed by atoms with Gasteiger partial charge in [-0.3, -0.25) is 14.8 Å². The van der Waals surface area contributed by atoms with Gasteiger partial charge in [0.2, 0.25) is 0 Å². The molecule has 1 aromatic heterocycles. The third-order valence-corrected chi connectivity index (χ3v) is 5.18. The Kier molecular flexibility index (Phi) is 6.47. The molecule has 0 saturated carbocycles. The number of aromatic nitrogens is 1. The van der Waals surface area contributed by atoms with Crippen LogP contribution in [-0.2, 0) is 13.1 Å². The lowest BCUT2D eigenvalue weighted by atomic mass is 10.1. The van der Waals surface area contributed by atoms with Crippen molar-refractivity contribution < 1.29 is 9.84 Å². The van der Waals surface area contributed by atoms with Crippen LogP contribution in [0.4, 0.5) is 0 Å². The average molecular weight is 355 g/mol. The van der Waals surface area contributed by atoms with E-state index in [1.54, 1.807) is 13.2 Å². The van der Waals surface area contributed by atoms with Gasteiger partial charge in [0.15, 0.2) is 11.5 Å². The van der Waals surface area contributed by atoms with Crippen LogP contribution in [0.2, 0.25) is 0 Å². The summed E-state index contributed by atoms with van der Waals surface area (Å²) < 4.78 is 5.26. The number of likely N-dealkylation sites (N-methyl/N-ethyl adjacent to an activating group) is 1. The Labute approximate surface area is 156 Å². The number of pyridine rings is 1. The van der Waals surface area contributed by atoms with Crippen molar-refractivity contribution in [3.63, 3.8) is 0 Å². The minimum Gasteiger partial charge on any atom is -0.504 e. The van der Waals surface area contributed by atoms with Gasteiger partial charge in [-0.15, -0.1) is 0 Å². The van der Waals surface area contributed by atoms with Crippen LogP contribution >= 0.6 is 0 Å². The number of aromatic hydroxyl groups is 1. The first-order valence-electron chi connectivity index (χ1n) is 9.42. The molecule has 1 fully saturated rings. The highest BCUT2D eigenvalue weighted by atomic mass is 16.5. The molecule has 1 aliphatic heterocycles. The van der Waals surface area contributed by atoms with Crippen LogP contribution in [0.5, 0.6) is 11.5 Å². The molecule has 0 aliphatic carbocycles. The highest BCUT2D eigenvalue weighted by Crippen LogP contribution is 2.31. The smallest absolute Gasteiger partial charge is 0.162 e. The van der Waals surface area contributed by atoms with Crippen molar-refractivity contribution in [3.05, 3.63) is 53.9 Å². The second-order valence-corrected chi connectivity index (χ2v) is 6.88. The topological polar surface area (TPSA) is 48.8 Å². The summed E-state index contributed by atoms with van der Waals surface area (Å²) in [4.78, 5) is 9.42. The maximum atomic E-state index is 10.5. The van der Waals surface area contributed by atoms with Crippen LogP contribution in [-0.4, -0.2) is 52.7 Å². The minimum atomic E-state index is 0.236. The Bertz CT molecular complexity index is 693. The monoisotopic (exact) mass is 355 g/mol. The van der Waals surface area contributed by atoms with E-state index in [0.29, 0.717) is 18.3 Å². The molecule has 1 saturated heterocycles. The fourth-order valence-corrected chi connectivity index (χ4v) is 3.82. The Morgan fingerprint density at radius 3 is 2.85 bits per heavy atom. The van der Waals surface area contributed by atoms with Crippen molar-refractivity contribution in [2.24, 2.45) is 0 Å². The number of ether oxygens (including phenoxy) is 1. The summed E-state index contributed by atoms with van der Waals surface area (Å²) in [6.07, 6.45) is 4.33. The van der Waals surface area contributed by atoms with Gasteiger partial charge < -0.3 is 9.84 Å². The largest absolute Gasteiger partial charge is 0.504 e. The van der Waals surface area contributed by atoms with E-state index in [-0.39, 0.29) is 5.75 Å². The molecule has 1 N–H and O–H groups in total. The van der Waals surface area contributed by atoms with Crippen molar-refractivity contribution in [1.29, 1.82) is 0 Å². The van der Waals surface area contributed by atoms with Crippen molar-refractivity contribution in [2.75, 3.05) is 26.7 Å². The predicted octanol–water partition coefficient (Wildman–Crippen LogP) is 3.28. The van der Waals surface area contributed by atoms with E-state index in [1.165, 1.54) is 19.4 Å². The number of hydrogen-bond acceptors (Lipinski definition) is 5. The van der Waals surface area contributed by atoms with Gasteiger partial charge in [-0.1, -0.05) is 25.1 Å². The number of likely N-dealkylation sites (tertiary alicyclic amines) is 1. The van der Waals surface area contributed by atoms with Crippen LogP contribution in [0.1, 0.15) is 31.0 Å². The Hall–Kier alpha value is -2.11. The van der Waals surface area contributed by atoms with E-state index < -0.39 is 0 Å². The van der Waals surface area contributed by atoms with E-state index in [0.717, 1.165) is 30.9 Å². The number of phenols is 1. The van der Waals surface area contributed by atoms with Gasteiger partial charge in [-0.05, 0) is 44.1 Å². The summed E-state index contributed by atoms with van der Waals surface area (Å²) in [5.41, 5.74) is 1.94. The molecule has 5 nitrogen and oxygen atoms in total. The molecule has 1 aromatic carbocycles. The summed E-state index contributed by atoms with van der Waals surface area (Å²) >= 11 is 0. The van der Waals surface area contributed by atoms with E-state index >= 15 is 0 Å². The quantitative estimate of drug-likeness (QED) is 0.787. The molecule has 0 spiro atoms. The third kappa shape index (κ3) is 4.54. The van der Waals surface area contributed by atoms with Gasteiger partial charge in [0.1, 0.15) is 0 Å². The third-order valence-electron chi connectivity index (χ3n) is 5.18. The molecule has 2 heterocycles. The molecule has 1 unspecified atom stereocenters. The van der Waals surface area contributed by atoms with Gasteiger partial charge in [-0.25, -0.2) is 0 Å². The lowest BCUT2D eigenvalue weighted by molar-refractivity contribution is 0.163. The molecule has 3 rings (SSSR count). The normalized spacial score (nSPS) is 17.7. The number of para-hydroxylation sites is 1. The number of benzene rings is 1. The van der Waals surface area contributed by atoms with Crippen molar-refractivity contribution >= 4 is 0 Å². The van der Waals surface area contributed by atoms with E-state index in [2.05, 4.69) is 27.8 Å². The molecule has 2 aromatic rings. The summed E-state index contributed by atoms with van der Waals surface area (Å²) in [6.45, 7) is 6.92. The molecule has 0 bridgehead atoms. The van der Waals surface area contributed by atoms with Gasteiger partial charge in [0.25, 0.3) is 0 Å². The number of hydrogen-bond donors (Lipinski definition) is 1. The molecule has 1 atom stereocenters. The Balaban J connectivity index is 1.78. The fourth-order valence-electron chi connectivity index (χ4n) is 3.82. The number of phenolic OH excluding ortho intramolecular Hbond substituents is 1. The van der Waals surface area contributed by atoms with Crippen LogP contribution in [0.3, 0.4) is 0 Å². The Morgan fingerprint density at radius 2 is 2.12 bits per heavy atom. The highest BCUT2D eigenvalue weighted by molar-refractivity contribution is 5.45. The van der Waals surface area contributed by atoms with Crippen LogP contribution in [0.25, 0.3) is 0 Å². The SMILES string of the molecule is CCN1CCCC1CN(Cc1ccccn1)Cc1cccc(OC)c1O. The lowest BCUT2D eigenvalue weighted by Gasteiger charge is -2.30. The maximum Gasteiger partial charge on any atom is 0.162 e. The van der Waals surface area contributed by atoms with Crippen molar-refractivity contribution in [1.82, 2.24) is 14.8 Å². The predicted molar refractivity (Wildman–Crippen MR) is 103 cm³/mol. The van der Waals surface area contributed by atoms with Crippen molar-refractivity contribution in [3.8, 4) is 11.5 Å². The first-order valence-corrected chi connectivity index (χ1v) is 9.42. The second kappa shape index (κ2) is 9.01. The minimum absolute atomic E-state index is 0.236. The zero-order valence-electron chi connectivity index (χ0n) is 15.8. The summed E-state index contributed by atoms with van der Waals surface area (Å²) in [6, 6.07) is 12.3. The zero-order valence-corrected chi connectivity index (χ0v) is 15.8. The van der Waals surface area contributed by atoms with Crippen LogP contribution < -0.4 is 4.74 Å². The first-order chi connectivity index (χ1) is 12.7. The second-order valence-electron chi connectivity index (χ2n) is 6.88. The molecule has 1 aliphatic rings. The van der Waals surface area contributed by atoms with Crippen molar-refractivity contribution in [2.45, 2.75) is 38.9 Å². The maximum absolute atomic E-state index is 10.5. The van der Waals surface area contributed by atoms with Gasteiger partial charge >= 0.3 is 0 Å². The lowest BCUT2D eigenvalue weighted by Crippen LogP contribution is -2.39. The van der Waals surface area contributed by atoms with E-state index in [1.807, 2.05) is 30.5 Å². The van der Waals surface area contributed by atoms with E-state index in [4.69, 9.17) is 4.74 Å². The molecule has 5 heteroatoms. The van der Waals surface area contributed by atoms with Gasteiger partial charge in [0.05, 0.1) is 12.8 Å². The fraction of sp³-hybridized carbons (Fsp3) is 0.476. The standard InChI is InChI=1S/C21H29N3O2/c1-3-24-13-7-10-19(24)16-23(15-18-9-4-5-12-22-18)14-17-8-6-11-20(26-2)21(17)25/h4-6,8-9,11-12,19,25H,3,7,10,13-16H2,1-2H3. The molecule has 140 valence electrons. The Morgan fingerprint density at radius 1 is 1.23 bits per heavy atom. The van der Waals surface area contributed by atoms with Crippen LogP contribution in [0.15, 0.2) is 42.6 Å². The van der Waals surface area contributed by atoms with Gasteiger partial charge in [0, 0.05) is 37.4 Å². The van der Waals surface area contributed by atoms with Gasteiger partial charge in [-0.2, -0.15) is 0 Å². The number of methoxy groups -OCH3 is 1. The average Bonchev–Trinajstić information content (AvgIpc) is 3.11.